The van der Waals surface area contributed by atoms with Gasteiger partial charge in [-0.15, -0.1) is 10.2 Å². The summed E-state index contributed by atoms with van der Waals surface area (Å²) < 4.78 is 10.6. The van der Waals surface area contributed by atoms with Crippen molar-refractivity contribution in [3.8, 4) is 11.5 Å². The first-order valence-corrected chi connectivity index (χ1v) is 12.0. The van der Waals surface area contributed by atoms with Crippen molar-refractivity contribution in [3.05, 3.63) is 58.0 Å². The SMILES string of the molecule is Cc1cccc(NC(=O)C2CCN(C(=O)c3nnc(C(=O)Nc4ccc5c(c4)OCO5)s3)CC2)c1. The van der Waals surface area contributed by atoms with Crippen molar-refractivity contribution >= 4 is 40.4 Å². The largest absolute Gasteiger partial charge is 0.454 e. The summed E-state index contributed by atoms with van der Waals surface area (Å²) in [6, 6.07) is 12.7. The number of rotatable bonds is 5. The highest BCUT2D eigenvalue weighted by Gasteiger charge is 2.30. The number of piperidine rings is 1. The van der Waals surface area contributed by atoms with Crippen molar-refractivity contribution in [2.24, 2.45) is 5.92 Å². The Bertz CT molecular complexity index is 1280. The first kappa shape index (κ1) is 22.8. The van der Waals surface area contributed by atoms with Crippen LogP contribution in [0.25, 0.3) is 0 Å². The summed E-state index contributed by atoms with van der Waals surface area (Å²) in [6.45, 7) is 2.98. The van der Waals surface area contributed by atoms with Crippen LogP contribution in [0.5, 0.6) is 11.5 Å². The van der Waals surface area contributed by atoms with Crippen LogP contribution in [-0.4, -0.2) is 52.7 Å². The van der Waals surface area contributed by atoms with Crippen molar-refractivity contribution < 1.29 is 23.9 Å². The lowest BCUT2D eigenvalue weighted by atomic mass is 9.95. The number of benzene rings is 2. The van der Waals surface area contributed by atoms with E-state index in [0.717, 1.165) is 22.6 Å². The molecule has 3 aromatic rings. The van der Waals surface area contributed by atoms with E-state index in [1.165, 1.54) is 0 Å². The van der Waals surface area contributed by atoms with Gasteiger partial charge in [0.1, 0.15) is 0 Å². The van der Waals surface area contributed by atoms with E-state index in [0.29, 0.717) is 43.1 Å². The van der Waals surface area contributed by atoms with Gasteiger partial charge in [-0.2, -0.15) is 0 Å². The number of aromatic nitrogens is 2. The molecule has 0 bridgehead atoms. The van der Waals surface area contributed by atoms with Gasteiger partial charge in [0.05, 0.1) is 0 Å². The minimum Gasteiger partial charge on any atom is -0.454 e. The summed E-state index contributed by atoms with van der Waals surface area (Å²) >= 11 is 0.937. The van der Waals surface area contributed by atoms with Crippen molar-refractivity contribution in [1.82, 2.24) is 15.1 Å². The molecule has 10 nitrogen and oxygen atoms in total. The van der Waals surface area contributed by atoms with Crippen molar-refractivity contribution in [1.29, 1.82) is 0 Å². The van der Waals surface area contributed by atoms with E-state index in [1.807, 2.05) is 31.2 Å². The molecule has 1 saturated heterocycles. The third-order valence-electron chi connectivity index (χ3n) is 5.87. The smallest absolute Gasteiger partial charge is 0.286 e. The topological polar surface area (TPSA) is 123 Å². The average Bonchev–Trinajstić information content (AvgIpc) is 3.53. The predicted molar refractivity (Wildman–Crippen MR) is 129 cm³/mol. The van der Waals surface area contributed by atoms with Crippen LogP contribution in [0.3, 0.4) is 0 Å². The summed E-state index contributed by atoms with van der Waals surface area (Å²) in [7, 11) is 0. The maximum atomic E-state index is 12.9. The Labute approximate surface area is 205 Å². The van der Waals surface area contributed by atoms with Gasteiger partial charge in [-0.05, 0) is 49.6 Å². The van der Waals surface area contributed by atoms with E-state index in [9.17, 15) is 14.4 Å². The van der Waals surface area contributed by atoms with Crippen molar-refractivity contribution in [2.45, 2.75) is 19.8 Å². The predicted octanol–water partition coefficient (Wildman–Crippen LogP) is 3.32. The Balaban J connectivity index is 1.15. The number of hydrogen-bond donors (Lipinski definition) is 2. The molecule has 0 unspecified atom stereocenters. The number of nitrogens with one attached hydrogen (secondary N) is 2. The van der Waals surface area contributed by atoms with Crippen LogP contribution in [0.4, 0.5) is 11.4 Å². The number of nitrogens with zero attached hydrogens (tertiary/aromatic N) is 3. The maximum absolute atomic E-state index is 12.9. The minimum atomic E-state index is -0.466. The lowest BCUT2D eigenvalue weighted by Crippen LogP contribution is -2.41. The van der Waals surface area contributed by atoms with Crippen molar-refractivity contribution in [3.63, 3.8) is 0 Å². The van der Waals surface area contributed by atoms with Gasteiger partial charge in [-0.1, -0.05) is 23.5 Å². The molecule has 0 spiro atoms. The van der Waals surface area contributed by atoms with Gasteiger partial charge < -0.3 is 25.0 Å². The molecular weight excluding hydrogens is 470 g/mol. The average molecular weight is 494 g/mol. The molecule has 2 aliphatic heterocycles. The fourth-order valence-corrected chi connectivity index (χ4v) is 4.71. The number of anilines is 2. The number of hydrogen-bond acceptors (Lipinski definition) is 8. The number of carbonyl (C=O) groups is 3. The number of amides is 3. The van der Waals surface area contributed by atoms with Crippen LogP contribution < -0.4 is 20.1 Å². The summed E-state index contributed by atoms with van der Waals surface area (Å²) in [5, 5.41) is 13.7. The monoisotopic (exact) mass is 493 g/mol. The second kappa shape index (κ2) is 9.71. The summed E-state index contributed by atoms with van der Waals surface area (Å²) in [5.41, 5.74) is 2.37. The minimum absolute atomic E-state index is 0.0407. The highest BCUT2D eigenvalue weighted by molar-refractivity contribution is 7.15. The highest BCUT2D eigenvalue weighted by atomic mass is 32.1. The third-order valence-corrected chi connectivity index (χ3v) is 6.78. The standard InChI is InChI=1S/C24H23N5O5S/c1-14-3-2-4-16(11-14)25-20(30)15-7-9-29(10-8-15)24(32)23-28-27-22(35-23)21(31)26-17-5-6-18-19(12-17)34-13-33-18/h2-6,11-12,15H,7-10,13H2,1H3,(H,25,30)(H,26,31). The lowest BCUT2D eigenvalue weighted by molar-refractivity contribution is -0.121. The van der Waals surface area contributed by atoms with Crippen molar-refractivity contribution in [2.75, 3.05) is 30.5 Å². The van der Waals surface area contributed by atoms with Gasteiger partial charge in [0.25, 0.3) is 11.8 Å². The fraction of sp³-hybridized carbons (Fsp3) is 0.292. The Hall–Kier alpha value is -3.99. The van der Waals surface area contributed by atoms with Crippen LogP contribution in [0.15, 0.2) is 42.5 Å². The van der Waals surface area contributed by atoms with E-state index in [1.54, 1.807) is 23.1 Å². The molecule has 0 radical (unpaired) electrons. The molecule has 3 amide bonds. The molecule has 11 heteroatoms. The zero-order valence-electron chi connectivity index (χ0n) is 18.9. The first-order valence-electron chi connectivity index (χ1n) is 11.2. The summed E-state index contributed by atoms with van der Waals surface area (Å²) in [6.07, 6.45) is 1.11. The number of ether oxygens (including phenoxy) is 2. The second-order valence-electron chi connectivity index (χ2n) is 8.36. The number of likely N-dealkylation sites (tertiary alicyclic amines) is 1. The molecule has 2 aliphatic rings. The van der Waals surface area contributed by atoms with Gasteiger partial charge in [0.2, 0.25) is 22.7 Å². The van der Waals surface area contributed by atoms with Crippen LogP contribution in [-0.2, 0) is 4.79 Å². The third kappa shape index (κ3) is 5.09. The van der Waals surface area contributed by atoms with Gasteiger partial charge >= 0.3 is 0 Å². The number of carbonyl (C=O) groups excluding carboxylic acids is 3. The quantitative estimate of drug-likeness (QED) is 0.559. The molecule has 0 saturated carbocycles. The molecule has 2 N–H and O–H groups in total. The Morgan fingerprint density at radius 2 is 1.69 bits per heavy atom. The Morgan fingerprint density at radius 1 is 0.943 bits per heavy atom. The van der Waals surface area contributed by atoms with Gasteiger partial charge in [-0.3, -0.25) is 14.4 Å². The van der Waals surface area contributed by atoms with Crippen LogP contribution in [0.1, 0.15) is 38.0 Å². The van der Waals surface area contributed by atoms with Gasteiger partial charge in [0.15, 0.2) is 11.5 Å². The van der Waals surface area contributed by atoms with Gasteiger partial charge in [0, 0.05) is 36.4 Å². The zero-order valence-corrected chi connectivity index (χ0v) is 19.8. The number of aryl methyl sites for hydroxylation is 1. The van der Waals surface area contributed by atoms with Gasteiger partial charge in [-0.25, -0.2) is 0 Å². The molecule has 35 heavy (non-hydrogen) atoms. The summed E-state index contributed by atoms with van der Waals surface area (Å²) in [4.78, 5) is 39.7. The molecule has 3 heterocycles. The molecule has 180 valence electrons. The highest BCUT2D eigenvalue weighted by Crippen LogP contribution is 2.34. The second-order valence-corrected chi connectivity index (χ2v) is 9.34. The van der Waals surface area contributed by atoms with Crippen LogP contribution in [0, 0.1) is 12.8 Å². The molecule has 0 atom stereocenters. The summed E-state index contributed by atoms with van der Waals surface area (Å²) in [5.74, 6) is 0.197. The number of fused-ring (bicyclic) bond motifs is 1. The lowest BCUT2D eigenvalue weighted by Gasteiger charge is -2.30. The molecule has 1 aromatic heterocycles. The normalized spacial score (nSPS) is 15.1. The molecular formula is C24H23N5O5S. The van der Waals surface area contributed by atoms with E-state index < -0.39 is 5.91 Å². The first-order chi connectivity index (χ1) is 17.0. The van der Waals surface area contributed by atoms with E-state index in [4.69, 9.17) is 9.47 Å². The zero-order chi connectivity index (χ0) is 24.4. The van der Waals surface area contributed by atoms with E-state index >= 15 is 0 Å². The van der Waals surface area contributed by atoms with E-state index in [2.05, 4.69) is 20.8 Å². The van der Waals surface area contributed by atoms with Crippen LogP contribution >= 0.6 is 11.3 Å². The maximum Gasteiger partial charge on any atom is 0.286 e. The Morgan fingerprint density at radius 3 is 2.49 bits per heavy atom. The molecule has 1 fully saturated rings. The molecule has 0 aliphatic carbocycles. The fourth-order valence-electron chi connectivity index (χ4n) is 4.01. The molecule has 2 aromatic carbocycles. The Kier molecular flexibility index (Phi) is 6.32. The van der Waals surface area contributed by atoms with E-state index in [-0.39, 0.29) is 34.5 Å². The van der Waals surface area contributed by atoms with Crippen LogP contribution in [0.2, 0.25) is 0 Å². The molecule has 5 rings (SSSR count).